The molecule has 37 heavy (non-hydrogen) atoms. The summed E-state index contributed by atoms with van der Waals surface area (Å²) in [5.41, 5.74) is -3.30. The Labute approximate surface area is 205 Å². The Balaban J connectivity index is 1.66. The van der Waals surface area contributed by atoms with Gasteiger partial charge in [-0.15, -0.1) is 0 Å². The Kier molecular flexibility index (Phi) is 7.44. The molecular formula is C23H21F7N4O3. The average molecular weight is 534 g/mol. The highest BCUT2D eigenvalue weighted by molar-refractivity contribution is 5.34. The van der Waals surface area contributed by atoms with Gasteiger partial charge in [0.1, 0.15) is 11.6 Å². The molecule has 0 radical (unpaired) electrons. The van der Waals surface area contributed by atoms with Crippen LogP contribution in [0.25, 0.3) is 0 Å². The van der Waals surface area contributed by atoms with Crippen LogP contribution in [0.2, 0.25) is 0 Å². The van der Waals surface area contributed by atoms with Crippen LogP contribution in [0, 0.1) is 5.82 Å². The van der Waals surface area contributed by atoms with Crippen LogP contribution in [-0.2, 0) is 28.4 Å². The lowest BCUT2D eigenvalue weighted by molar-refractivity contribution is -0.231. The van der Waals surface area contributed by atoms with E-state index in [9.17, 15) is 35.5 Å². The Morgan fingerprint density at radius 1 is 1.08 bits per heavy atom. The standard InChI is InChI=1S/C23H21F7N4O3/c1-12(14-8-15(22(25,26)27)10-16(9-14)23(28,29)30)37-20-19(13-2-4-17(24)5-3-13)34(6-7-36-20)11-18-31-21(35)33-32-18/h2-5,8-10,12,19-20H,6-7,11H2,1H3,(H2,31,32,33,35)/t12?,19-,20+/m0/s1. The fourth-order valence-corrected chi connectivity index (χ4v) is 4.07. The summed E-state index contributed by atoms with van der Waals surface area (Å²) in [6.45, 7) is 1.82. The van der Waals surface area contributed by atoms with Gasteiger partial charge in [0.05, 0.1) is 36.4 Å². The summed E-state index contributed by atoms with van der Waals surface area (Å²) in [6.07, 6.45) is -12.4. The lowest BCUT2D eigenvalue weighted by atomic mass is 10.0. The van der Waals surface area contributed by atoms with Gasteiger partial charge in [0.15, 0.2) is 6.29 Å². The van der Waals surface area contributed by atoms with Crippen LogP contribution >= 0.6 is 0 Å². The lowest BCUT2D eigenvalue weighted by Crippen LogP contribution is -2.46. The van der Waals surface area contributed by atoms with Crippen LogP contribution in [0.3, 0.4) is 0 Å². The third-order valence-corrected chi connectivity index (χ3v) is 5.84. The summed E-state index contributed by atoms with van der Waals surface area (Å²) in [6, 6.07) is 5.79. The molecule has 1 aromatic heterocycles. The van der Waals surface area contributed by atoms with Crippen molar-refractivity contribution in [2.75, 3.05) is 13.2 Å². The van der Waals surface area contributed by atoms with E-state index < -0.39 is 53.4 Å². The average Bonchev–Trinajstić information content (AvgIpc) is 3.23. The molecule has 1 aliphatic heterocycles. The third-order valence-electron chi connectivity index (χ3n) is 5.84. The number of halogens is 7. The quantitative estimate of drug-likeness (QED) is 0.438. The summed E-state index contributed by atoms with van der Waals surface area (Å²) in [7, 11) is 0. The molecule has 0 spiro atoms. The fourth-order valence-electron chi connectivity index (χ4n) is 4.07. The van der Waals surface area contributed by atoms with Gasteiger partial charge in [0.2, 0.25) is 0 Å². The molecule has 7 nitrogen and oxygen atoms in total. The minimum atomic E-state index is -5.01. The van der Waals surface area contributed by atoms with Crippen LogP contribution in [-0.4, -0.2) is 39.5 Å². The maximum Gasteiger partial charge on any atom is 0.416 e. The van der Waals surface area contributed by atoms with E-state index in [2.05, 4.69) is 15.2 Å². The smallest absolute Gasteiger partial charge is 0.349 e. The van der Waals surface area contributed by atoms with Crippen LogP contribution in [0.5, 0.6) is 0 Å². The molecule has 2 heterocycles. The van der Waals surface area contributed by atoms with Gasteiger partial charge in [-0.2, -0.15) is 31.4 Å². The monoisotopic (exact) mass is 534 g/mol. The first kappa shape index (κ1) is 26.8. The predicted molar refractivity (Wildman–Crippen MR) is 114 cm³/mol. The molecule has 0 bridgehead atoms. The minimum Gasteiger partial charge on any atom is -0.349 e. The van der Waals surface area contributed by atoms with E-state index in [4.69, 9.17) is 9.47 Å². The van der Waals surface area contributed by atoms with E-state index in [0.29, 0.717) is 24.2 Å². The predicted octanol–water partition coefficient (Wildman–Crippen LogP) is 4.95. The Morgan fingerprint density at radius 3 is 2.24 bits per heavy atom. The van der Waals surface area contributed by atoms with Gasteiger partial charge in [-0.25, -0.2) is 14.3 Å². The molecule has 2 N–H and O–H groups in total. The Bertz CT molecular complexity index is 1240. The van der Waals surface area contributed by atoms with E-state index in [1.807, 2.05) is 0 Å². The number of benzene rings is 2. The Hall–Kier alpha value is -3.23. The van der Waals surface area contributed by atoms with Crippen LogP contribution in [0.15, 0.2) is 47.3 Å². The highest BCUT2D eigenvalue weighted by Crippen LogP contribution is 2.39. The van der Waals surface area contributed by atoms with Crippen LogP contribution in [0.1, 0.15) is 47.1 Å². The second-order valence-electron chi connectivity index (χ2n) is 8.45. The Morgan fingerprint density at radius 2 is 1.70 bits per heavy atom. The molecule has 0 saturated carbocycles. The number of H-pyrrole nitrogens is 2. The fraction of sp³-hybridized carbons (Fsp3) is 0.391. The molecule has 2 aromatic carbocycles. The topological polar surface area (TPSA) is 83.2 Å². The van der Waals surface area contributed by atoms with E-state index in [-0.39, 0.29) is 30.6 Å². The second-order valence-corrected chi connectivity index (χ2v) is 8.45. The highest BCUT2D eigenvalue weighted by Gasteiger charge is 2.39. The third kappa shape index (κ3) is 6.37. The minimum absolute atomic E-state index is 0.0427. The second kappa shape index (κ2) is 10.3. The van der Waals surface area contributed by atoms with Gasteiger partial charge < -0.3 is 9.47 Å². The molecule has 1 aliphatic rings. The maximum absolute atomic E-state index is 13.6. The van der Waals surface area contributed by atoms with Gasteiger partial charge in [-0.1, -0.05) is 12.1 Å². The summed E-state index contributed by atoms with van der Waals surface area (Å²) < 4.78 is 105. The molecule has 200 valence electrons. The normalized spacial score (nSPS) is 20.2. The number of aromatic nitrogens is 3. The summed E-state index contributed by atoms with van der Waals surface area (Å²) >= 11 is 0. The van der Waals surface area contributed by atoms with Crippen molar-refractivity contribution in [1.29, 1.82) is 0 Å². The van der Waals surface area contributed by atoms with Crippen LogP contribution in [0.4, 0.5) is 30.7 Å². The van der Waals surface area contributed by atoms with Crippen molar-refractivity contribution in [3.05, 3.63) is 86.8 Å². The first-order chi connectivity index (χ1) is 17.3. The van der Waals surface area contributed by atoms with Crippen molar-refractivity contribution in [1.82, 2.24) is 20.1 Å². The number of nitrogens with one attached hydrogen (secondary N) is 2. The van der Waals surface area contributed by atoms with E-state index in [0.717, 1.165) is 0 Å². The number of hydrogen-bond acceptors (Lipinski definition) is 5. The van der Waals surface area contributed by atoms with Gasteiger partial charge in [0, 0.05) is 6.54 Å². The largest absolute Gasteiger partial charge is 0.416 e. The molecule has 1 unspecified atom stereocenters. The molecule has 0 amide bonds. The van der Waals surface area contributed by atoms with E-state index in [1.54, 1.807) is 4.90 Å². The number of morpholine rings is 1. The van der Waals surface area contributed by atoms with Crippen molar-refractivity contribution in [2.24, 2.45) is 0 Å². The molecule has 1 fully saturated rings. The number of hydrogen-bond donors (Lipinski definition) is 2. The molecule has 1 saturated heterocycles. The van der Waals surface area contributed by atoms with Crippen molar-refractivity contribution >= 4 is 0 Å². The first-order valence-electron chi connectivity index (χ1n) is 11.0. The zero-order valence-corrected chi connectivity index (χ0v) is 19.2. The number of ether oxygens (including phenoxy) is 2. The molecule has 3 atom stereocenters. The summed E-state index contributed by atoms with van der Waals surface area (Å²) in [4.78, 5) is 15.7. The van der Waals surface area contributed by atoms with E-state index in [1.165, 1.54) is 31.2 Å². The zero-order valence-electron chi connectivity index (χ0n) is 19.2. The van der Waals surface area contributed by atoms with Crippen LogP contribution < -0.4 is 5.69 Å². The molecule has 3 aromatic rings. The zero-order chi connectivity index (χ0) is 27.0. The highest BCUT2D eigenvalue weighted by atomic mass is 19.4. The lowest BCUT2D eigenvalue weighted by Gasteiger charge is -2.41. The number of aromatic amines is 2. The number of rotatable bonds is 6. The van der Waals surface area contributed by atoms with Crippen molar-refractivity contribution in [3.63, 3.8) is 0 Å². The molecule has 0 aliphatic carbocycles. The number of nitrogens with zero attached hydrogens (tertiary/aromatic N) is 2. The molecule has 4 rings (SSSR count). The first-order valence-corrected chi connectivity index (χ1v) is 11.0. The molecular weight excluding hydrogens is 513 g/mol. The van der Waals surface area contributed by atoms with Crippen molar-refractivity contribution in [2.45, 2.75) is 44.3 Å². The van der Waals surface area contributed by atoms with Gasteiger partial charge in [-0.05, 0) is 48.4 Å². The maximum atomic E-state index is 13.6. The van der Waals surface area contributed by atoms with Gasteiger partial charge in [0.25, 0.3) is 0 Å². The molecule has 14 heteroatoms. The summed E-state index contributed by atoms with van der Waals surface area (Å²) in [5, 5.41) is 6.10. The van der Waals surface area contributed by atoms with Gasteiger partial charge >= 0.3 is 18.0 Å². The SMILES string of the molecule is CC(O[C@H]1OCCN(Cc2n[nH]c(=O)[nH]2)[C@H]1c1ccc(F)cc1)c1cc(C(F)(F)F)cc(C(F)(F)F)c1. The number of alkyl halides is 6. The van der Waals surface area contributed by atoms with Crippen molar-refractivity contribution < 1.29 is 40.2 Å². The van der Waals surface area contributed by atoms with E-state index >= 15 is 0 Å². The van der Waals surface area contributed by atoms with Crippen molar-refractivity contribution in [3.8, 4) is 0 Å². The summed E-state index contributed by atoms with van der Waals surface area (Å²) in [5.74, 6) is -0.239. The van der Waals surface area contributed by atoms with Gasteiger partial charge in [-0.3, -0.25) is 9.88 Å².